The van der Waals surface area contributed by atoms with Crippen molar-refractivity contribution in [2.75, 3.05) is 5.32 Å². The van der Waals surface area contributed by atoms with Crippen molar-refractivity contribution in [2.24, 2.45) is 5.92 Å². The predicted molar refractivity (Wildman–Crippen MR) is 87.3 cm³/mol. The maximum absolute atomic E-state index is 12.5. The number of carbonyl (C=O) groups is 2. The largest absolute Gasteiger partial charge is 0.451 e. The highest BCUT2D eigenvalue weighted by Gasteiger charge is 2.36. The standard InChI is InChI=1S/C16H18F3N5O2/c1-8(2)11(20-12(25)10-7-5-4-6-9(10)3)13(26)21-15-22-14(23-24-15)16(17,18)19/h4-8,11H,1-3H3,(H,20,25)(H2,21,22,23,24,26). The van der Waals surface area contributed by atoms with Gasteiger partial charge in [-0.1, -0.05) is 32.0 Å². The van der Waals surface area contributed by atoms with E-state index in [1.54, 1.807) is 50.1 Å². The number of rotatable bonds is 5. The van der Waals surface area contributed by atoms with Crippen LogP contribution in [0.3, 0.4) is 0 Å². The Hall–Kier alpha value is -2.91. The number of amides is 2. The molecule has 10 heteroatoms. The Morgan fingerprint density at radius 1 is 1.19 bits per heavy atom. The Labute approximate surface area is 147 Å². The van der Waals surface area contributed by atoms with Crippen LogP contribution in [-0.2, 0) is 11.0 Å². The van der Waals surface area contributed by atoms with E-state index in [2.05, 4.69) is 20.7 Å². The van der Waals surface area contributed by atoms with Crippen LogP contribution in [0.2, 0.25) is 0 Å². The minimum Gasteiger partial charge on any atom is -0.340 e. The average Bonchev–Trinajstić information content (AvgIpc) is 3.01. The van der Waals surface area contributed by atoms with Gasteiger partial charge in [0.1, 0.15) is 6.04 Å². The molecule has 0 saturated heterocycles. The van der Waals surface area contributed by atoms with Crippen molar-refractivity contribution in [1.82, 2.24) is 20.5 Å². The van der Waals surface area contributed by atoms with E-state index in [0.717, 1.165) is 5.56 Å². The SMILES string of the molecule is Cc1ccccc1C(=O)NC(C(=O)Nc1n[nH]c(C(F)(F)F)n1)C(C)C. The van der Waals surface area contributed by atoms with Crippen molar-refractivity contribution in [3.8, 4) is 0 Å². The van der Waals surface area contributed by atoms with Gasteiger partial charge in [-0.05, 0) is 24.5 Å². The number of nitrogens with one attached hydrogen (secondary N) is 3. The molecule has 0 fully saturated rings. The number of benzene rings is 1. The molecule has 1 aromatic heterocycles. The van der Waals surface area contributed by atoms with Crippen LogP contribution < -0.4 is 10.6 Å². The van der Waals surface area contributed by atoms with Gasteiger partial charge in [0.25, 0.3) is 5.91 Å². The summed E-state index contributed by atoms with van der Waals surface area (Å²) in [5, 5.41) is 9.79. The van der Waals surface area contributed by atoms with E-state index in [-0.39, 0.29) is 5.92 Å². The Morgan fingerprint density at radius 3 is 2.38 bits per heavy atom. The molecule has 0 spiro atoms. The molecule has 26 heavy (non-hydrogen) atoms. The van der Waals surface area contributed by atoms with Gasteiger partial charge in [-0.15, -0.1) is 5.10 Å². The Bertz CT molecular complexity index is 801. The van der Waals surface area contributed by atoms with Gasteiger partial charge in [-0.2, -0.15) is 18.2 Å². The molecule has 0 saturated carbocycles. The minimum absolute atomic E-state index is 0.316. The molecule has 2 amide bonds. The summed E-state index contributed by atoms with van der Waals surface area (Å²) in [6.45, 7) is 5.15. The lowest BCUT2D eigenvalue weighted by molar-refractivity contribution is -0.144. The summed E-state index contributed by atoms with van der Waals surface area (Å²) in [5.74, 6) is -3.32. The van der Waals surface area contributed by atoms with Crippen LogP contribution in [0.4, 0.5) is 19.1 Å². The van der Waals surface area contributed by atoms with Crippen LogP contribution in [0, 0.1) is 12.8 Å². The molecule has 0 aliphatic rings. The lowest BCUT2D eigenvalue weighted by Gasteiger charge is -2.21. The van der Waals surface area contributed by atoms with Crippen LogP contribution in [0.25, 0.3) is 0 Å². The number of anilines is 1. The normalized spacial score (nSPS) is 12.7. The predicted octanol–water partition coefficient (Wildman–Crippen LogP) is 2.53. The highest BCUT2D eigenvalue weighted by atomic mass is 19.4. The topological polar surface area (TPSA) is 99.8 Å². The second-order valence-corrected chi connectivity index (χ2v) is 6.00. The molecule has 1 atom stereocenters. The van der Waals surface area contributed by atoms with Crippen LogP contribution in [0.15, 0.2) is 24.3 Å². The number of aromatic nitrogens is 3. The number of hydrogen-bond acceptors (Lipinski definition) is 4. The van der Waals surface area contributed by atoms with Gasteiger partial charge >= 0.3 is 6.18 Å². The molecule has 3 N–H and O–H groups in total. The Balaban J connectivity index is 2.11. The van der Waals surface area contributed by atoms with E-state index < -0.39 is 35.8 Å². The lowest BCUT2D eigenvalue weighted by Crippen LogP contribution is -2.47. The van der Waals surface area contributed by atoms with E-state index in [1.165, 1.54) is 0 Å². The van der Waals surface area contributed by atoms with Gasteiger partial charge in [-0.3, -0.25) is 20.0 Å². The molecule has 1 heterocycles. The van der Waals surface area contributed by atoms with Crippen LogP contribution in [-0.4, -0.2) is 33.0 Å². The van der Waals surface area contributed by atoms with Crippen molar-refractivity contribution < 1.29 is 22.8 Å². The molecule has 0 radical (unpaired) electrons. The summed E-state index contributed by atoms with van der Waals surface area (Å²) in [4.78, 5) is 27.9. The Kier molecular flexibility index (Phi) is 5.63. The molecule has 2 rings (SSSR count). The molecule has 0 aliphatic carbocycles. The number of H-pyrrole nitrogens is 1. The van der Waals surface area contributed by atoms with E-state index in [1.807, 2.05) is 0 Å². The summed E-state index contributed by atoms with van der Waals surface area (Å²) in [6, 6.07) is 5.87. The fourth-order valence-electron chi connectivity index (χ4n) is 2.21. The first-order chi connectivity index (χ1) is 12.1. The summed E-state index contributed by atoms with van der Waals surface area (Å²) in [7, 11) is 0. The number of halogens is 3. The molecule has 0 aliphatic heterocycles. The third kappa shape index (κ3) is 4.58. The summed E-state index contributed by atoms with van der Waals surface area (Å²) < 4.78 is 37.6. The zero-order valence-electron chi connectivity index (χ0n) is 14.3. The fourth-order valence-corrected chi connectivity index (χ4v) is 2.21. The molecular formula is C16H18F3N5O2. The second kappa shape index (κ2) is 7.54. The summed E-state index contributed by atoms with van der Waals surface area (Å²) in [6.07, 6.45) is -4.70. The molecule has 1 unspecified atom stereocenters. The highest BCUT2D eigenvalue weighted by molar-refractivity contribution is 6.01. The van der Waals surface area contributed by atoms with Crippen molar-refractivity contribution in [1.29, 1.82) is 0 Å². The number of nitrogens with zero attached hydrogens (tertiary/aromatic N) is 2. The van der Waals surface area contributed by atoms with Gasteiger partial charge in [0.2, 0.25) is 17.7 Å². The third-order valence-electron chi connectivity index (χ3n) is 3.61. The lowest BCUT2D eigenvalue weighted by atomic mass is 10.0. The quantitative estimate of drug-likeness (QED) is 0.754. The van der Waals surface area contributed by atoms with Crippen LogP contribution in [0.5, 0.6) is 0 Å². The van der Waals surface area contributed by atoms with Crippen molar-refractivity contribution >= 4 is 17.8 Å². The number of carbonyl (C=O) groups excluding carboxylic acids is 2. The average molecular weight is 369 g/mol. The monoisotopic (exact) mass is 369 g/mol. The Morgan fingerprint density at radius 2 is 1.85 bits per heavy atom. The van der Waals surface area contributed by atoms with Crippen molar-refractivity contribution in [3.63, 3.8) is 0 Å². The van der Waals surface area contributed by atoms with Crippen LogP contribution >= 0.6 is 0 Å². The molecule has 2 aromatic rings. The highest BCUT2D eigenvalue weighted by Crippen LogP contribution is 2.26. The summed E-state index contributed by atoms with van der Waals surface area (Å²) >= 11 is 0. The molecule has 140 valence electrons. The van der Waals surface area contributed by atoms with Gasteiger partial charge < -0.3 is 5.32 Å². The first-order valence-corrected chi connectivity index (χ1v) is 7.76. The fraction of sp³-hybridized carbons (Fsp3) is 0.375. The van der Waals surface area contributed by atoms with Crippen molar-refractivity contribution in [3.05, 3.63) is 41.2 Å². The first-order valence-electron chi connectivity index (χ1n) is 7.76. The van der Waals surface area contributed by atoms with E-state index in [0.29, 0.717) is 5.56 Å². The van der Waals surface area contributed by atoms with Gasteiger partial charge in [0, 0.05) is 5.56 Å². The maximum Gasteiger partial charge on any atom is 0.451 e. The zero-order chi connectivity index (χ0) is 19.5. The van der Waals surface area contributed by atoms with Crippen molar-refractivity contribution in [2.45, 2.75) is 33.0 Å². The molecule has 0 bridgehead atoms. The van der Waals surface area contributed by atoms with E-state index in [9.17, 15) is 22.8 Å². The van der Waals surface area contributed by atoms with Gasteiger partial charge in [0.05, 0.1) is 0 Å². The van der Waals surface area contributed by atoms with Gasteiger partial charge in [-0.25, -0.2) is 0 Å². The smallest absolute Gasteiger partial charge is 0.340 e. The third-order valence-corrected chi connectivity index (χ3v) is 3.61. The molecular weight excluding hydrogens is 351 g/mol. The van der Waals surface area contributed by atoms with E-state index in [4.69, 9.17) is 0 Å². The number of hydrogen-bond donors (Lipinski definition) is 3. The van der Waals surface area contributed by atoms with E-state index >= 15 is 0 Å². The van der Waals surface area contributed by atoms with Gasteiger partial charge in [0.15, 0.2) is 0 Å². The first kappa shape index (κ1) is 19.4. The zero-order valence-corrected chi connectivity index (χ0v) is 14.3. The number of aromatic amines is 1. The maximum atomic E-state index is 12.5. The number of alkyl halides is 3. The second-order valence-electron chi connectivity index (χ2n) is 6.00. The van der Waals surface area contributed by atoms with Crippen LogP contribution in [0.1, 0.15) is 35.6 Å². The minimum atomic E-state index is -4.70. The summed E-state index contributed by atoms with van der Waals surface area (Å²) in [5.41, 5.74) is 1.14. The molecule has 7 nitrogen and oxygen atoms in total. The molecule has 1 aromatic carbocycles. The number of aryl methyl sites for hydroxylation is 1.